The van der Waals surface area contributed by atoms with Gasteiger partial charge in [0, 0.05) is 6.07 Å². The van der Waals surface area contributed by atoms with E-state index in [2.05, 4.69) is 10.0 Å². The molecule has 1 aromatic rings. The van der Waals surface area contributed by atoms with E-state index in [1.165, 1.54) is 6.92 Å². The molecule has 7 heteroatoms. The zero-order valence-corrected chi connectivity index (χ0v) is 12.5. The molecule has 0 radical (unpaired) electrons. The van der Waals surface area contributed by atoms with Gasteiger partial charge in [0.25, 0.3) is 0 Å². The Hall–Kier alpha value is -1.21. The lowest BCUT2D eigenvalue weighted by Gasteiger charge is -2.10. The smallest absolute Gasteiger partial charge is 0.232 e. The fourth-order valence-corrected chi connectivity index (χ4v) is 2.84. The number of aryl methyl sites for hydroxylation is 1. The van der Waals surface area contributed by atoms with Gasteiger partial charge in [-0.2, -0.15) is 0 Å². The maximum absolute atomic E-state index is 13.5. The van der Waals surface area contributed by atoms with Crippen molar-refractivity contribution in [3.8, 4) is 0 Å². The van der Waals surface area contributed by atoms with Crippen molar-refractivity contribution < 1.29 is 17.2 Å². The number of anilines is 1. The minimum atomic E-state index is -3.66. The monoisotopic (exact) mass is 306 g/mol. The van der Waals surface area contributed by atoms with Crippen LogP contribution in [-0.2, 0) is 10.0 Å². The number of unbranched alkanes of at least 4 members (excludes halogenated alkanes) is 1. The minimum absolute atomic E-state index is 0.118. The highest BCUT2D eigenvalue weighted by Gasteiger charge is 2.14. The number of benzene rings is 1. The van der Waals surface area contributed by atoms with Crippen LogP contribution in [0.1, 0.15) is 25.3 Å². The van der Waals surface area contributed by atoms with Gasteiger partial charge in [0.15, 0.2) is 0 Å². The molecule has 0 atom stereocenters. The van der Waals surface area contributed by atoms with Crippen LogP contribution in [0.25, 0.3) is 0 Å². The second-order valence-electron chi connectivity index (χ2n) is 4.56. The topological polar surface area (TPSA) is 58.2 Å². The highest BCUT2D eigenvalue weighted by molar-refractivity contribution is 7.92. The highest BCUT2D eigenvalue weighted by Crippen LogP contribution is 2.20. The molecule has 0 aromatic heterocycles. The second kappa shape index (κ2) is 7.54. The van der Waals surface area contributed by atoms with E-state index in [-0.39, 0.29) is 17.0 Å². The van der Waals surface area contributed by atoms with Crippen molar-refractivity contribution in [3.05, 3.63) is 29.3 Å². The first-order valence-corrected chi connectivity index (χ1v) is 8.18. The maximum Gasteiger partial charge on any atom is 0.232 e. The quantitative estimate of drug-likeness (QED) is 0.725. The van der Waals surface area contributed by atoms with Crippen LogP contribution in [0, 0.1) is 18.6 Å². The first-order valence-electron chi connectivity index (χ1n) is 6.52. The molecule has 0 amide bonds. The third kappa shape index (κ3) is 5.42. The number of sulfonamides is 1. The Kier molecular flexibility index (Phi) is 6.35. The largest absolute Gasteiger partial charge is 0.317 e. The van der Waals surface area contributed by atoms with Crippen LogP contribution in [0.5, 0.6) is 0 Å². The molecule has 0 saturated carbocycles. The number of nitrogens with one attached hydrogen (secondary N) is 2. The normalized spacial score (nSPS) is 11.6. The lowest BCUT2D eigenvalue weighted by atomic mass is 10.2. The minimum Gasteiger partial charge on any atom is -0.317 e. The van der Waals surface area contributed by atoms with Gasteiger partial charge < -0.3 is 5.32 Å². The number of hydrogen-bond acceptors (Lipinski definition) is 3. The van der Waals surface area contributed by atoms with Crippen molar-refractivity contribution in [1.29, 1.82) is 0 Å². The molecule has 0 aliphatic rings. The molecule has 0 saturated heterocycles. The van der Waals surface area contributed by atoms with Gasteiger partial charge in [0.2, 0.25) is 10.0 Å². The number of hydrogen-bond donors (Lipinski definition) is 2. The van der Waals surface area contributed by atoms with Crippen molar-refractivity contribution in [2.45, 2.75) is 26.7 Å². The fraction of sp³-hybridized carbons (Fsp3) is 0.538. The molecule has 0 heterocycles. The van der Waals surface area contributed by atoms with E-state index in [1.807, 2.05) is 6.92 Å². The SMILES string of the molecule is CCNCCCCS(=O)(=O)Nc1cc(F)c(C)cc1F. The molecule has 1 rings (SSSR count). The lowest BCUT2D eigenvalue weighted by molar-refractivity contribution is 0.586. The van der Waals surface area contributed by atoms with Gasteiger partial charge in [-0.1, -0.05) is 6.92 Å². The molecule has 0 aliphatic carbocycles. The summed E-state index contributed by atoms with van der Waals surface area (Å²) in [7, 11) is -3.66. The van der Waals surface area contributed by atoms with Gasteiger partial charge in [0.1, 0.15) is 11.6 Å². The molecular formula is C13H20F2N2O2S. The summed E-state index contributed by atoms with van der Waals surface area (Å²) in [6, 6.07) is 1.83. The van der Waals surface area contributed by atoms with Crippen molar-refractivity contribution in [3.63, 3.8) is 0 Å². The van der Waals surface area contributed by atoms with E-state index in [0.29, 0.717) is 12.8 Å². The van der Waals surface area contributed by atoms with Crippen LogP contribution in [0.15, 0.2) is 12.1 Å². The van der Waals surface area contributed by atoms with Crippen LogP contribution >= 0.6 is 0 Å². The summed E-state index contributed by atoms with van der Waals surface area (Å²) in [6.07, 6.45) is 1.16. The molecule has 0 unspecified atom stereocenters. The summed E-state index contributed by atoms with van der Waals surface area (Å²) < 4.78 is 52.5. The van der Waals surface area contributed by atoms with Crippen LogP contribution in [0.3, 0.4) is 0 Å². The molecule has 0 spiro atoms. The summed E-state index contributed by atoms with van der Waals surface area (Å²) in [5, 5.41) is 3.08. The van der Waals surface area contributed by atoms with Crippen LogP contribution < -0.4 is 10.0 Å². The number of halogens is 2. The molecule has 0 bridgehead atoms. The van der Waals surface area contributed by atoms with Crippen molar-refractivity contribution in [2.24, 2.45) is 0 Å². The van der Waals surface area contributed by atoms with Crippen LogP contribution in [0.2, 0.25) is 0 Å². The Labute approximate surface area is 118 Å². The first-order chi connectivity index (χ1) is 9.35. The third-order valence-corrected chi connectivity index (χ3v) is 4.14. The fourth-order valence-electron chi connectivity index (χ4n) is 1.66. The van der Waals surface area contributed by atoms with Gasteiger partial charge in [-0.15, -0.1) is 0 Å². The van der Waals surface area contributed by atoms with Gasteiger partial charge >= 0.3 is 0 Å². The molecule has 4 nitrogen and oxygen atoms in total. The summed E-state index contributed by atoms with van der Waals surface area (Å²) in [5.74, 6) is -1.54. The Morgan fingerprint density at radius 1 is 1.15 bits per heavy atom. The van der Waals surface area contributed by atoms with Gasteiger partial charge in [0.05, 0.1) is 11.4 Å². The predicted octanol–water partition coefficient (Wildman–Crippen LogP) is 2.40. The van der Waals surface area contributed by atoms with Gasteiger partial charge in [-0.3, -0.25) is 4.72 Å². The number of rotatable bonds is 8. The maximum atomic E-state index is 13.5. The summed E-state index contributed by atoms with van der Waals surface area (Å²) in [4.78, 5) is 0. The Balaban J connectivity index is 2.60. The Morgan fingerprint density at radius 3 is 2.50 bits per heavy atom. The van der Waals surface area contributed by atoms with Crippen molar-refractivity contribution in [1.82, 2.24) is 5.32 Å². The Morgan fingerprint density at radius 2 is 1.85 bits per heavy atom. The molecule has 2 N–H and O–H groups in total. The molecule has 0 fully saturated rings. The van der Waals surface area contributed by atoms with Crippen molar-refractivity contribution in [2.75, 3.05) is 23.6 Å². The summed E-state index contributed by atoms with van der Waals surface area (Å²) >= 11 is 0. The van der Waals surface area contributed by atoms with E-state index >= 15 is 0 Å². The molecular weight excluding hydrogens is 286 g/mol. The summed E-state index contributed by atoms with van der Waals surface area (Å²) in [6.45, 7) is 4.95. The molecule has 114 valence electrons. The predicted molar refractivity (Wildman–Crippen MR) is 76.3 cm³/mol. The van der Waals surface area contributed by atoms with E-state index in [0.717, 1.165) is 25.2 Å². The average molecular weight is 306 g/mol. The molecule has 0 aliphatic heterocycles. The first kappa shape index (κ1) is 16.8. The van der Waals surface area contributed by atoms with Crippen LogP contribution in [0.4, 0.5) is 14.5 Å². The zero-order chi connectivity index (χ0) is 15.2. The van der Waals surface area contributed by atoms with E-state index < -0.39 is 21.7 Å². The van der Waals surface area contributed by atoms with Crippen molar-refractivity contribution >= 4 is 15.7 Å². The van der Waals surface area contributed by atoms with Gasteiger partial charge in [-0.05, 0) is 44.5 Å². The molecule has 1 aromatic carbocycles. The lowest BCUT2D eigenvalue weighted by Crippen LogP contribution is -2.20. The third-order valence-electron chi connectivity index (χ3n) is 2.78. The molecule has 20 heavy (non-hydrogen) atoms. The van der Waals surface area contributed by atoms with Crippen LogP contribution in [-0.4, -0.2) is 27.3 Å². The highest BCUT2D eigenvalue weighted by atomic mass is 32.2. The van der Waals surface area contributed by atoms with E-state index in [9.17, 15) is 17.2 Å². The van der Waals surface area contributed by atoms with Gasteiger partial charge in [-0.25, -0.2) is 17.2 Å². The zero-order valence-electron chi connectivity index (χ0n) is 11.7. The Bertz CT molecular complexity index is 548. The van der Waals surface area contributed by atoms with E-state index in [1.54, 1.807) is 0 Å². The summed E-state index contributed by atoms with van der Waals surface area (Å²) in [5.41, 5.74) is -0.212. The second-order valence-corrected chi connectivity index (χ2v) is 6.40. The standard InChI is InChI=1S/C13H20F2N2O2S/c1-3-16-6-4-5-7-20(18,19)17-13-9-11(14)10(2)8-12(13)15/h8-9,16-17H,3-7H2,1-2H3. The van der Waals surface area contributed by atoms with E-state index in [4.69, 9.17) is 0 Å². The average Bonchev–Trinajstić information content (AvgIpc) is 2.35.